The van der Waals surface area contributed by atoms with Gasteiger partial charge in [-0.15, -0.1) is 0 Å². The summed E-state index contributed by atoms with van der Waals surface area (Å²) in [5.41, 5.74) is 0.274. The molecule has 0 spiro atoms. The third-order valence-corrected chi connectivity index (χ3v) is 4.95. The molecule has 9 heteroatoms. The third-order valence-electron chi connectivity index (χ3n) is 2.50. The molecule has 0 aromatic heterocycles. The highest BCUT2D eigenvalue weighted by Gasteiger charge is 2.26. The van der Waals surface area contributed by atoms with Gasteiger partial charge in [-0.05, 0) is 11.6 Å². The molecular weight excluding hydrogens is 341 g/mol. The van der Waals surface area contributed by atoms with Crippen LogP contribution in [-0.4, -0.2) is 37.2 Å². The van der Waals surface area contributed by atoms with Crippen LogP contribution in [0.2, 0.25) is 10.0 Å². The van der Waals surface area contributed by atoms with Gasteiger partial charge in [-0.25, -0.2) is 13.2 Å². The molecule has 1 atom stereocenters. The van der Waals surface area contributed by atoms with Crippen LogP contribution >= 0.6 is 23.2 Å². The number of carbonyl (C=O) groups is 2. The molecule has 0 heterocycles. The summed E-state index contributed by atoms with van der Waals surface area (Å²) in [4.78, 5) is 21.9. The van der Waals surface area contributed by atoms with E-state index < -0.39 is 39.3 Å². The predicted molar refractivity (Wildman–Crippen MR) is 79.2 cm³/mol. The highest BCUT2D eigenvalue weighted by atomic mass is 35.5. The van der Waals surface area contributed by atoms with Crippen molar-refractivity contribution in [3.63, 3.8) is 0 Å². The normalized spacial score (nSPS) is 12.7. The summed E-state index contributed by atoms with van der Waals surface area (Å²) in [5, 5.41) is 11.3. The van der Waals surface area contributed by atoms with Crippen molar-refractivity contribution in [2.75, 3.05) is 5.75 Å². The minimum absolute atomic E-state index is 0.106. The van der Waals surface area contributed by atoms with E-state index in [1.807, 2.05) is 0 Å². The maximum Gasteiger partial charge on any atom is 0.327 e. The Hall–Kier alpha value is -1.31. The molecule has 0 aliphatic carbocycles. The van der Waals surface area contributed by atoms with Gasteiger partial charge in [0.05, 0.1) is 21.6 Å². The molecule has 6 nitrogen and oxygen atoms in total. The third kappa shape index (κ3) is 5.53. The van der Waals surface area contributed by atoms with E-state index in [2.05, 4.69) is 5.32 Å². The zero-order valence-corrected chi connectivity index (χ0v) is 13.3. The van der Waals surface area contributed by atoms with Gasteiger partial charge in [0.2, 0.25) is 5.91 Å². The summed E-state index contributed by atoms with van der Waals surface area (Å²) in [5.74, 6) is -3.25. The van der Waals surface area contributed by atoms with E-state index in [0.29, 0.717) is 0 Å². The van der Waals surface area contributed by atoms with Crippen molar-refractivity contribution in [2.24, 2.45) is 0 Å². The molecule has 116 valence electrons. The summed E-state index contributed by atoms with van der Waals surface area (Å²) >= 11 is 11.7. The van der Waals surface area contributed by atoms with E-state index in [1.165, 1.54) is 12.1 Å². The van der Waals surface area contributed by atoms with E-state index in [9.17, 15) is 18.0 Å². The molecule has 0 radical (unpaired) electrons. The number of sulfone groups is 1. The van der Waals surface area contributed by atoms with Gasteiger partial charge in [-0.3, -0.25) is 4.79 Å². The number of benzene rings is 1. The highest BCUT2D eigenvalue weighted by molar-refractivity contribution is 7.90. The van der Waals surface area contributed by atoms with E-state index in [0.717, 1.165) is 6.92 Å². The zero-order chi connectivity index (χ0) is 16.2. The number of carboxylic acids is 1. The largest absolute Gasteiger partial charge is 0.480 e. The summed E-state index contributed by atoms with van der Waals surface area (Å²) in [6.07, 6.45) is 0. The second kappa shape index (κ2) is 7.11. The van der Waals surface area contributed by atoms with E-state index >= 15 is 0 Å². The van der Waals surface area contributed by atoms with Crippen molar-refractivity contribution in [2.45, 2.75) is 18.7 Å². The molecule has 1 rings (SSSR count). The van der Waals surface area contributed by atoms with Crippen molar-refractivity contribution in [1.29, 1.82) is 0 Å². The van der Waals surface area contributed by atoms with Gasteiger partial charge in [0.1, 0.15) is 6.04 Å². The average molecular weight is 354 g/mol. The van der Waals surface area contributed by atoms with Crippen LogP contribution in [0.25, 0.3) is 0 Å². The van der Waals surface area contributed by atoms with Gasteiger partial charge >= 0.3 is 5.97 Å². The molecule has 0 aliphatic rings. The fraction of sp³-hybridized carbons (Fsp3) is 0.333. The molecule has 0 unspecified atom stereocenters. The van der Waals surface area contributed by atoms with Gasteiger partial charge in [0, 0.05) is 6.92 Å². The Morgan fingerprint density at radius 2 is 1.95 bits per heavy atom. The first-order chi connectivity index (χ1) is 9.62. The van der Waals surface area contributed by atoms with Crippen molar-refractivity contribution in [1.82, 2.24) is 5.32 Å². The fourth-order valence-electron chi connectivity index (χ4n) is 1.63. The number of hydrogen-bond donors (Lipinski definition) is 2. The van der Waals surface area contributed by atoms with Crippen molar-refractivity contribution in [3.05, 3.63) is 33.8 Å². The molecule has 1 aromatic rings. The van der Waals surface area contributed by atoms with Crippen LogP contribution in [0.15, 0.2) is 18.2 Å². The number of rotatable bonds is 6. The lowest BCUT2D eigenvalue weighted by Gasteiger charge is -2.14. The molecule has 2 N–H and O–H groups in total. The summed E-state index contributed by atoms with van der Waals surface area (Å²) in [6, 6.07) is 3.03. The van der Waals surface area contributed by atoms with Gasteiger partial charge in [0.25, 0.3) is 0 Å². The minimum Gasteiger partial charge on any atom is -0.480 e. The van der Waals surface area contributed by atoms with Crippen molar-refractivity contribution >= 4 is 44.9 Å². The van der Waals surface area contributed by atoms with Crippen LogP contribution in [0, 0.1) is 0 Å². The van der Waals surface area contributed by atoms with E-state index in [1.54, 1.807) is 6.07 Å². The minimum atomic E-state index is -3.80. The second-order valence-corrected chi connectivity index (χ2v) is 7.25. The standard InChI is InChI=1S/C12H13Cl2NO5S/c1-7(16)15-10(12(17)18)6-21(19,20)5-8-3-2-4-9(13)11(8)14/h2-4,10H,5-6H2,1H3,(H,15,16)(H,17,18)/t10-/m0/s1. The van der Waals surface area contributed by atoms with E-state index in [-0.39, 0.29) is 15.6 Å². The van der Waals surface area contributed by atoms with Gasteiger partial charge in [-0.1, -0.05) is 35.3 Å². The quantitative estimate of drug-likeness (QED) is 0.806. The lowest BCUT2D eigenvalue weighted by Crippen LogP contribution is -2.44. The zero-order valence-electron chi connectivity index (χ0n) is 11.0. The first kappa shape index (κ1) is 17.7. The monoisotopic (exact) mass is 353 g/mol. The second-order valence-electron chi connectivity index (χ2n) is 4.36. The summed E-state index contributed by atoms with van der Waals surface area (Å²) in [7, 11) is -3.80. The van der Waals surface area contributed by atoms with Crippen LogP contribution in [0.3, 0.4) is 0 Å². The lowest BCUT2D eigenvalue weighted by atomic mass is 10.2. The molecular formula is C12H13Cl2NO5S. The average Bonchev–Trinajstić information content (AvgIpc) is 2.33. The Balaban J connectivity index is 2.93. The van der Waals surface area contributed by atoms with Gasteiger partial charge in [0.15, 0.2) is 9.84 Å². The maximum atomic E-state index is 12.0. The molecule has 1 amide bonds. The Morgan fingerprint density at radius 1 is 1.33 bits per heavy atom. The molecule has 0 aliphatic heterocycles. The Bertz CT molecular complexity index is 660. The van der Waals surface area contributed by atoms with Gasteiger partial charge < -0.3 is 10.4 Å². The highest BCUT2D eigenvalue weighted by Crippen LogP contribution is 2.27. The molecule has 0 saturated heterocycles. The SMILES string of the molecule is CC(=O)N[C@@H](CS(=O)(=O)Cc1cccc(Cl)c1Cl)C(=O)O. The number of hydrogen-bond acceptors (Lipinski definition) is 4. The first-order valence-electron chi connectivity index (χ1n) is 5.75. The van der Waals surface area contributed by atoms with Crippen LogP contribution in [0.5, 0.6) is 0 Å². The Labute approximate surface area is 132 Å². The van der Waals surface area contributed by atoms with Crippen LogP contribution in [0.4, 0.5) is 0 Å². The van der Waals surface area contributed by atoms with Crippen molar-refractivity contribution < 1.29 is 23.1 Å². The van der Waals surface area contributed by atoms with Crippen LogP contribution in [-0.2, 0) is 25.2 Å². The molecule has 1 aromatic carbocycles. The van der Waals surface area contributed by atoms with Crippen LogP contribution < -0.4 is 5.32 Å². The van der Waals surface area contributed by atoms with Crippen LogP contribution in [0.1, 0.15) is 12.5 Å². The number of aliphatic carboxylic acids is 1. The Kier molecular flexibility index (Phi) is 6.00. The fourth-order valence-corrected chi connectivity index (χ4v) is 3.66. The van der Waals surface area contributed by atoms with E-state index in [4.69, 9.17) is 28.3 Å². The number of carboxylic acid groups (broad SMARTS) is 1. The Morgan fingerprint density at radius 3 is 2.48 bits per heavy atom. The number of halogens is 2. The first-order valence-corrected chi connectivity index (χ1v) is 8.33. The van der Waals surface area contributed by atoms with Gasteiger partial charge in [-0.2, -0.15) is 0 Å². The number of nitrogens with one attached hydrogen (secondary N) is 1. The predicted octanol–water partition coefficient (Wildman–Crippen LogP) is 1.50. The molecule has 21 heavy (non-hydrogen) atoms. The molecule has 0 fully saturated rings. The lowest BCUT2D eigenvalue weighted by molar-refractivity contribution is -0.140. The topological polar surface area (TPSA) is 101 Å². The maximum absolute atomic E-state index is 12.0. The van der Waals surface area contributed by atoms with Crippen molar-refractivity contribution in [3.8, 4) is 0 Å². The number of amides is 1. The number of carbonyl (C=O) groups excluding carboxylic acids is 1. The summed E-state index contributed by atoms with van der Waals surface area (Å²) in [6.45, 7) is 1.11. The molecule has 0 saturated carbocycles. The summed E-state index contributed by atoms with van der Waals surface area (Å²) < 4.78 is 24.1. The molecule has 0 bridgehead atoms. The smallest absolute Gasteiger partial charge is 0.327 e.